The van der Waals surface area contributed by atoms with Gasteiger partial charge in [-0.25, -0.2) is 4.79 Å². The summed E-state index contributed by atoms with van der Waals surface area (Å²) in [6.07, 6.45) is 0.931. The minimum Gasteiger partial charge on any atom is -0.372 e. The van der Waals surface area contributed by atoms with Gasteiger partial charge in [0.05, 0.1) is 12.2 Å². The average molecular weight is 452 g/mol. The van der Waals surface area contributed by atoms with E-state index in [0.717, 1.165) is 21.5 Å². The molecule has 0 saturated carbocycles. The maximum atomic E-state index is 12.7. The first kappa shape index (κ1) is 21.1. The van der Waals surface area contributed by atoms with E-state index in [0.29, 0.717) is 36.7 Å². The fourth-order valence-electron chi connectivity index (χ4n) is 3.74. The lowest BCUT2D eigenvalue weighted by atomic mass is 10.2. The number of imidazole rings is 1. The summed E-state index contributed by atoms with van der Waals surface area (Å²) >= 11 is 3.23. The SMILES string of the molecule is Cc1nnc(SCCCn2c(N3C[C@@H](C)O[C@@H](C)C3)nc3c2c(=O)[nH]c(=O)n3C)s1. The van der Waals surface area contributed by atoms with Crippen molar-refractivity contribution in [1.82, 2.24) is 29.3 Å². The average Bonchev–Trinajstić information content (AvgIpc) is 3.26. The number of rotatable bonds is 6. The van der Waals surface area contributed by atoms with Gasteiger partial charge in [0.2, 0.25) is 5.95 Å². The minimum atomic E-state index is -0.463. The van der Waals surface area contributed by atoms with Gasteiger partial charge >= 0.3 is 5.69 Å². The highest BCUT2D eigenvalue weighted by Crippen LogP contribution is 2.26. The van der Waals surface area contributed by atoms with E-state index in [1.165, 1.54) is 4.57 Å². The molecular formula is C18H25N7O3S2. The van der Waals surface area contributed by atoms with Crippen molar-refractivity contribution < 1.29 is 4.74 Å². The highest BCUT2D eigenvalue weighted by molar-refractivity contribution is 8.01. The van der Waals surface area contributed by atoms with Crippen LogP contribution in [0.2, 0.25) is 0 Å². The summed E-state index contributed by atoms with van der Waals surface area (Å²) in [5.41, 5.74) is -0.0446. The number of nitrogens with zero attached hydrogens (tertiary/aromatic N) is 6. The van der Waals surface area contributed by atoms with E-state index in [-0.39, 0.29) is 12.2 Å². The molecule has 3 aromatic rings. The molecule has 1 aliphatic heterocycles. The predicted molar refractivity (Wildman–Crippen MR) is 118 cm³/mol. The Morgan fingerprint density at radius 3 is 2.63 bits per heavy atom. The number of aromatic nitrogens is 6. The topological polar surface area (TPSA) is 111 Å². The number of hydrogen-bond acceptors (Lipinski definition) is 9. The van der Waals surface area contributed by atoms with Crippen LogP contribution in [-0.4, -0.2) is 60.3 Å². The highest BCUT2D eigenvalue weighted by Gasteiger charge is 2.28. The van der Waals surface area contributed by atoms with Crippen molar-refractivity contribution in [2.45, 2.75) is 50.3 Å². The Morgan fingerprint density at radius 1 is 1.23 bits per heavy atom. The Balaban J connectivity index is 1.65. The monoisotopic (exact) mass is 451 g/mol. The zero-order chi connectivity index (χ0) is 21.4. The highest BCUT2D eigenvalue weighted by atomic mass is 32.2. The van der Waals surface area contributed by atoms with E-state index >= 15 is 0 Å². The first-order chi connectivity index (χ1) is 14.3. The lowest BCUT2D eigenvalue weighted by Gasteiger charge is -2.36. The molecule has 1 aliphatic rings. The van der Waals surface area contributed by atoms with Crippen molar-refractivity contribution in [3.8, 4) is 0 Å². The quantitative estimate of drug-likeness (QED) is 0.442. The number of hydrogen-bond donors (Lipinski definition) is 1. The van der Waals surface area contributed by atoms with Crippen molar-refractivity contribution in [3.05, 3.63) is 25.8 Å². The van der Waals surface area contributed by atoms with E-state index in [9.17, 15) is 9.59 Å². The molecule has 2 atom stereocenters. The van der Waals surface area contributed by atoms with Crippen molar-refractivity contribution in [3.63, 3.8) is 0 Å². The number of anilines is 1. The van der Waals surface area contributed by atoms with Crippen LogP contribution >= 0.6 is 23.1 Å². The second-order valence-electron chi connectivity index (χ2n) is 7.51. The van der Waals surface area contributed by atoms with E-state index in [1.807, 2.05) is 25.3 Å². The molecule has 0 unspecified atom stereocenters. The number of H-pyrrole nitrogens is 1. The third kappa shape index (κ3) is 4.16. The van der Waals surface area contributed by atoms with Crippen LogP contribution < -0.4 is 16.1 Å². The van der Waals surface area contributed by atoms with Gasteiger partial charge in [-0.1, -0.05) is 23.1 Å². The zero-order valence-electron chi connectivity index (χ0n) is 17.4. The first-order valence-electron chi connectivity index (χ1n) is 9.86. The third-order valence-corrected chi connectivity index (χ3v) is 7.01. The molecule has 30 heavy (non-hydrogen) atoms. The van der Waals surface area contributed by atoms with Gasteiger partial charge in [0.1, 0.15) is 5.01 Å². The summed E-state index contributed by atoms with van der Waals surface area (Å²) in [7, 11) is 1.62. The first-order valence-corrected chi connectivity index (χ1v) is 11.7. The largest absolute Gasteiger partial charge is 0.372 e. The van der Waals surface area contributed by atoms with Crippen LogP contribution in [0.3, 0.4) is 0 Å². The number of nitrogens with one attached hydrogen (secondary N) is 1. The summed E-state index contributed by atoms with van der Waals surface area (Å²) in [6, 6.07) is 0. The third-order valence-electron chi connectivity index (χ3n) is 4.95. The summed E-state index contributed by atoms with van der Waals surface area (Å²) in [6.45, 7) is 7.96. The number of aromatic amines is 1. The van der Waals surface area contributed by atoms with Gasteiger partial charge in [0, 0.05) is 32.4 Å². The second-order valence-corrected chi connectivity index (χ2v) is 10.0. The van der Waals surface area contributed by atoms with Gasteiger partial charge in [-0.05, 0) is 27.2 Å². The van der Waals surface area contributed by atoms with Crippen molar-refractivity contribution in [1.29, 1.82) is 0 Å². The second kappa shape index (κ2) is 8.52. The Bertz CT molecular complexity index is 1150. The molecule has 4 heterocycles. The minimum absolute atomic E-state index is 0.0558. The van der Waals surface area contributed by atoms with Crippen molar-refractivity contribution >= 4 is 40.2 Å². The fraction of sp³-hybridized carbons (Fsp3) is 0.611. The molecule has 0 spiro atoms. The van der Waals surface area contributed by atoms with E-state index < -0.39 is 11.2 Å². The van der Waals surface area contributed by atoms with Gasteiger partial charge in [-0.3, -0.25) is 14.3 Å². The Labute approximate surface area is 181 Å². The maximum Gasteiger partial charge on any atom is 0.329 e. The standard InChI is InChI=1S/C18H25N7O3S2/c1-10-8-24(9-11(2)28-10)16-19-14-13(15(26)20-17(27)23(14)4)25(16)6-5-7-29-18-22-21-12(3)30-18/h10-11H,5-9H2,1-4H3,(H,20,26,27)/t10-,11+. The molecule has 0 bridgehead atoms. The lowest BCUT2D eigenvalue weighted by molar-refractivity contribution is -0.00588. The summed E-state index contributed by atoms with van der Waals surface area (Å²) in [5, 5.41) is 9.13. The predicted octanol–water partition coefficient (Wildman–Crippen LogP) is 1.38. The molecule has 0 amide bonds. The van der Waals surface area contributed by atoms with Gasteiger partial charge in [0.25, 0.3) is 5.56 Å². The van der Waals surface area contributed by atoms with Crippen LogP contribution in [0, 0.1) is 6.92 Å². The van der Waals surface area contributed by atoms with Crippen LogP contribution in [0.4, 0.5) is 5.95 Å². The fourth-order valence-corrected chi connectivity index (χ4v) is 5.55. The normalized spacial score (nSPS) is 19.7. The van der Waals surface area contributed by atoms with Gasteiger partial charge in [-0.15, -0.1) is 10.2 Å². The Kier molecular flexibility index (Phi) is 5.98. The molecule has 4 rings (SSSR count). The molecule has 0 radical (unpaired) electrons. The summed E-state index contributed by atoms with van der Waals surface area (Å²) < 4.78 is 10.1. The molecule has 3 aromatic heterocycles. The molecule has 162 valence electrons. The summed E-state index contributed by atoms with van der Waals surface area (Å²) in [4.78, 5) is 34.0. The van der Waals surface area contributed by atoms with Crippen LogP contribution in [-0.2, 0) is 18.3 Å². The molecule has 10 nitrogen and oxygen atoms in total. The van der Waals surface area contributed by atoms with Crippen molar-refractivity contribution in [2.24, 2.45) is 7.05 Å². The van der Waals surface area contributed by atoms with Crippen LogP contribution in [0.15, 0.2) is 13.9 Å². The van der Waals surface area contributed by atoms with Gasteiger partial charge in [0.15, 0.2) is 15.5 Å². The summed E-state index contributed by atoms with van der Waals surface area (Å²) in [5.74, 6) is 1.54. The number of aryl methyl sites for hydroxylation is 3. The van der Waals surface area contributed by atoms with E-state index in [2.05, 4.69) is 20.1 Å². The lowest BCUT2D eigenvalue weighted by Crippen LogP contribution is -2.46. The zero-order valence-corrected chi connectivity index (χ0v) is 19.0. The molecule has 0 aromatic carbocycles. The van der Waals surface area contributed by atoms with E-state index in [4.69, 9.17) is 9.72 Å². The molecule has 1 fully saturated rings. The van der Waals surface area contributed by atoms with Gasteiger partial charge < -0.3 is 14.2 Å². The molecule has 12 heteroatoms. The van der Waals surface area contributed by atoms with E-state index in [1.54, 1.807) is 30.1 Å². The number of thioether (sulfide) groups is 1. The van der Waals surface area contributed by atoms with Crippen molar-refractivity contribution in [2.75, 3.05) is 23.7 Å². The van der Waals surface area contributed by atoms with Crippen LogP contribution in [0.1, 0.15) is 25.3 Å². The number of ether oxygens (including phenoxy) is 1. The molecule has 1 saturated heterocycles. The molecule has 0 aliphatic carbocycles. The molecule has 1 N–H and O–H groups in total. The smallest absolute Gasteiger partial charge is 0.329 e. The number of morpholine rings is 1. The van der Waals surface area contributed by atoms with Gasteiger partial charge in [-0.2, -0.15) is 4.98 Å². The maximum absolute atomic E-state index is 12.7. The molecular weight excluding hydrogens is 426 g/mol. The van der Waals surface area contributed by atoms with Crippen LogP contribution in [0.25, 0.3) is 11.2 Å². The van der Waals surface area contributed by atoms with Crippen LogP contribution in [0.5, 0.6) is 0 Å². The Morgan fingerprint density at radius 2 is 1.97 bits per heavy atom. The number of fused-ring (bicyclic) bond motifs is 1. The Hall–Kier alpha value is -2.18.